The maximum atomic E-state index is 12.4. The summed E-state index contributed by atoms with van der Waals surface area (Å²) >= 11 is 7.28. The third-order valence-corrected chi connectivity index (χ3v) is 5.53. The normalized spacial score (nSPS) is 10.7. The second kappa shape index (κ2) is 9.73. The summed E-state index contributed by atoms with van der Waals surface area (Å²) in [6.45, 7) is 4.37. The van der Waals surface area contributed by atoms with Gasteiger partial charge in [-0.2, -0.15) is 0 Å². The van der Waals surface area contributed by atoms with Gasteiger partial charge in [-0.1, -0.05) is 23.4 Å². The number of rotatable bonds is 8. The quantitative estimate of drug-likeness (QED) is 0.400. The van der Waals surface area contributed by atoms with E-state index < -0.39 is 0 Å². The first-order chi connectivity index (χ1) is 14.4. The Balaban J connectivity index is 1.65. The number of halogens is 1. The summed E-state index contributed by atoms with van der Waals surface area (Å²) in [7, 11) is 1.52. The number of benzene rings is 2. The highest BCUT2D eigenvalue weighted by Crippen LogP contribution is 2.31. The van der Waals surface area contributed by atoms with E-state index in [9.17, 15) is 4.79 Å². The van der Waals surface area contributed by atoms with Crippen molar-refractivity contribution in [3.63, 3.8) is 0 Å². The molecule has 0 spiro atoms. The molecule has 0 unspecified atom stereocenters. The number of nitrogens with two attached hydrogens (primary N) is 1. The molecule has 0 aliphatic rings. The van der Waals surface area contributed by atoms with Crippen molar-refractivity contribution in [2.24, 2.45) is 0 Å². The fourth-order valence-corrected chi connectivity index (χ4v) is 3.50. The molecule has 0 aliphatic heterocycles. The Morgan fingerprint density at radius 1 is 1.27 bits per heavy atom. The van der Waals surface area contributed by atoms with E-state index in [2.05, 4.69) is 15.5 Å². The summed E-state index contributed by atoms with van der Waals surface area (Å²) in [5.74, 6) is 7.75. The van der Waals surface area contributed by atoms with Crippen LogP contribution in [0.5, 0.6) is 11.5 Å². The topological polar surface area (TPSA) is 104 Å². The van der Waals surface area contributed by atoms with E-state index in [1.807, 2.05) is 38.1 Å². The van der Waals surface area contributed by atoms with E-state index in [1.54, 1.807) is 12.1 Å². The van der Waals surface area contributed by atoms with Crippen LogP contribution >= 0.6 is 23.4 Å². The summed E-state index contributed by atoms with van der Waals surface area (Å²) in [4.78, 5) is 12.4. The molecule has 3 N–H and O–H groups in total. The summed E-state index contributed by atoms with van der Waals surface area (Å²) < 4.78 is 12.1. The number of anilines is 1. The predicted octanol–water partition coefficient (Wildman–Crippen LogP) is 3.76. The molecule has 0 saturated heterocycles. The van der Waals surface area contributed by atoms with Gasteiger partial charge in [-0.25, -0.2) is 4.68 Å². The molecular weight excluding hydrogens is 426 g/mol. The van der Waals surface area contributed by atoms with Gasteiger partial charge in [0.05, 0.1) is 25.2 Å². The molecule has 0 aliphatic carbocycles. The van der Waals surface area contributed by atoms with Crippen LogP contribution in [-0.2, 0) is 4.79 Å². The van der Waals surface area contributed by atoms with E-state index in [0.717, 1.165) is 16.9 Å². The maximum absolute atomic E-state index is 12.4. The third-order valence-electron chi connectivity index (χ3n) is 4.18. The lowest BCUT2D eigenvalue weighted by molar-refractivity contribution is -0.113. The van der Waals surface area contributed by atoms with Crippen LogP contribution in [0.2, 0.25) is 5.02 Å². The highest BCUT2D eigenvalue weighted by atomic mass is 35.5. The summed E-state index contributed by atoms with van der Waals surface area (Å²) in [6.07, 6.45) is 0. The van der Waals surface area contributed by atoms with E-state index in [4.69, 9.17) is 26.9 Å². The molecule has 30 heavy (non-hydrogen) atoms. The van der Waals surface area contributed by atoms with Crippen molar-refractivity contribution in [1.29, 1.82) is 0 Å². The summed E-state index contributed by atoms with van der Waals surface area (Å²) in [5, 5.41) is 12.0. The predicted molar refractivity (Wildman–Crippen MR) is 119 cm³/mol. The number of hydrogen-bond acceptors (Lipinski definition) is 7. The average Bonchev–Trinajstić information content (AvgIpc) is 3.10. The Bertz CT molecular complexity index is 1040. The minimum Gasteiger partial charge on any atom is -0.495 e. The lowest BCUT2D eigenvalue weighted by Gasteiger charge is -2.12. The molecule has 3 rings (SSSR count). The number of ether oxygens (including phenoxy) is 2. The molecule has 0 bridgehead atoms. The zero-order valence-electron chi connectivity index (χ0n) is 16.8. The van der Waals surface area contributed by atoms with Crippen LogP contribution in [-0.4, -0.2) is 40.3 Å². The van der Waals surface area contributed by atoms with Gasteiger partial charge in [-0.15, -0.1) is 10.2 Å². The molecule has 3 aromatic rings. The number of nitrogens with zero attached hydrogens (tertiary/aromatic N) is 3. The van der Waals surface area contributed by atoms with Gasteiger partial charge in [0.1, 0.15) is 11.5 Å². The number of aryl methyl sites for hydroxylation is 1. The number of carbonyl (C=O) groups is 1. The Labute approximate surface area is 183 Å². The van der Waals surface area contributed by atoms with Gasteiger partial charge in [0.25, 0.3) is 0 Å². The van der Waals surface area contributed by atoms with Gasteiger partial charge in [0.2, 0.25) is 11.1 Å². The van der Waals surface area contributed by atoms with E-state index in [0.29, 0.717) is 34.0 Å². The number of methoxy groups -OCH3 is 1. The minimum atomic E-state index is -0.231. The number of amides is 1. The average molecular weight is 448 g/mol. The fraction of sp³-hybridized carbons (Fsp3) is 0.250. The van der Waals surface area contributed by atoms with Crippen LogP contribution in [0, 0.1) is 6.92 Å². The zero-order chi connectivity index (χ0) is 21.7. The second-order valence-corrected chi connectivity index (χ2v) is 7.62. The van der Waals surface area contributed by atoms with Gasteiger partial charge in [-0.3, -0.25) is 4.79 Å². The number of carbonyl (C=O) groups excluding carboxylic acids is 1. The number of thioether (sulfide) groups is 1. The van der Waals surface area contributed by atoms with Crippen molar-refractivity contribution in [3.05, 3.63) is 47.0 Å². The van der Waals surface area contributed by atoms with Crippen molar-refractivity contribution in [2.75, 3.05) is 30.6 Å². The Hall–Kier alpha value is -2.91. The van der Waals surface area contributed by atoms with Gasteiger partial charge in [0.15, 0.2) is 5.82 Å². The first-order valence-corrected chi connectivity index (χ1v) is 10.5. The largest absolute Gasteiger partial charge is 0.495 e. The number of hydrogen-bond donors (Lipinski definition) is 2. The van der Waals surface area contributed by atoms with Crippen LogP contribution in [0.4, 0.5) is 5.69 Å². The SMILES string of the molecule is CCOc1ccc(-c2nnc(SCC(=O)Nc3cc(C)c(Cl)cc3OC)n2N)cc1. The molecule has 10 heteroatoms. The van der Waals surface area contributed by atoms with Crippen molar-refractivity contribution < 1.29 is 14.3 Å². The molecule has 1 amide bonds. The summed E-state index contributed by atoms with van der Waals surface area (Å²) in [5.41, 5.74) is 2.18. The third kappa shape index (κ3) is 4.98. The van der Waals surface area contributed by atoms with E-state index in [1.165, 1.54) is 23.5 Å². The van der Waals surface area contributed by atoms with Crippen LogP contribution in [0.3, 0.4) is 0 Å². The molecule has 1 aromatic heterocycles. The molecule has 8 nitrogen and oxygen atoms in total. The van der Waals surface area contributed by atoms with Crippen LogP contribution in [0.25, 0.3) is 11.4 Å². The molecule has 0 radical (unpaired) electrons. The van der Waals surface area contributed by atoms with E-state index >= 15 is 0 Å². The van der Waals surface area contributed by atoms with Gasteiger partial charge in [0, 0.05) is 16.7 Å². The number of nitrogens with one attached hydrogen (secondary N) is 1. The molecule has 2 aromatic carbocycles. The van der Waals surface area contributed by atoms with E-state index in [-0.39, 0.29) is 11.7 Å². The number of nitrogen functional groups attached to an aromatic ring is 1. The van der Waals surface area contributed by atoms with Crippen LogP contribution in [0.15, 0.2) is 41.6 Å². The standard InChI is InChI=1S/C20H22ClN5O3S/c1-4-29-14-7-5-13(6-8-14)19-24-25-20(26(19)22)30-11-18(27)23-16-9-12(2)15(21)10-17(16)28-3/h5-10H,4,11,22H2,1-3H3,(H,23,27). The fourth-order valence-electron chi connectivity index (χ4n) is 2.69. The zero-order valence-corrected chi connectivity index (χ0v) is 18.4. The monoisotopic (exact) mass is 447 g/mol. The highest BCUT2D eigenvalue weighted by molar-refractivity contribution is 7.99. The molecule has 0 fully saturated rings. The Morgan fingerprint density at radius 3 is 2.67 bits per heavy atom. The Morgan fingerprint density at radius 2 is 2.00 bits per heavy atom. The van der Waals surface area contributed by atoms with Crippen molar-refractivity contribution >= 4 is 35.0 Å². The number of aromatic nitrogens is 3. The summed E-state index contributed by atoms with van der Waals surface area (Å²) in [6, 6.07) is 10.8. The van der Waals surface area contributed by atoms with Gasteiger partial charge < -0.3 is 20.6 Å². The Kier molecular flexibility index (Phi) is 7.07. The first-order valence-electron chi connectivity index (χ1n) is 9.13. The minimum absolute atomic E-state index is 0.101. The van der Waals surface area contributed by atoms with Gasteiger partial charge >= 0.3 is 0 Å². The van der Waals surface area contributed by atoms with Crippen LogP contribution < -0.4 is 20.6 Å². The molecule has 158 valence electrons. The first kappa shape index (κ1) is 21.8. The molecule has 1 heterocycles. The second-order valence-electron chi connectivity index (χ2n) is 6.27. The molecule has 0 atom stereocenters. The molecule has 0 saturated carbocycles. The van der Waals surface area contributed by atoms with Gasteiger partial charge in [-0.05, 0) is 49.7 Å². The molecular formula is C20H22ClN5O3S. The highest BCUT2D eigenvalue weighted by Gasteiger charge is 2.15. The smallest absolute Gasteiger partial charge is 0.234 e. The van der Waals surface area contributed by atoms with Crippen molar-refractivity contribution in [1.82, 2.24) is 14.9 Å². The maximum Gasteiger partial charge on any atom is 0.234 e. The van der Waals surface area contributed by atoms with Crippen molar-refractivity contribution in [2.45, 2.75) is 19.0 Å². The lowest BCUT2D eigenvalue weighted by Crippen LogP contribution is -2.17. The van der Waals surface area contributed by atoms with Crippen molar-refractivity contribution in [3.8, 4) is 22.9 Å². The lowest BCUT2D eigenvalue weighted by atomic mass is 10.2. The van der Waals surface area contributed by atoms with Crippen LogP contribution in [0.1, 0.15) is 12.5 Å².